The molecule has 1 aliphatic heterocycles. The van der Waals surface area contributed by atoms with Crippen molar-refractivity contribution in [3.63, 3.8) is 0 Å². The Morgan fingerprint density at radius 3 is 2.70 bits per heavy atom. The van der Waals surface area contributed by atoms with Gasteiger partial charge in [-0.25, -0.2) is 0 Å². The van der Waals surface area contributed by atoms with E-state index in [2.05, 4.69) is 13.8 Å². The van der Waals surface area contributed by atoms with E-state index in [0.29, 0.717) is 11.7 Å². The standard InChI is InChI=1S/C9H16O/c1-7(2)9-6-4-3-5-8(9)10-9/h7-8H,3-6H2,1-2H3. The summed E-state index contributed by atoms with van der Waals surface area (Å²) >= 11 is 0. The van der Waals surface area contributed by atoms with Gasteiger partial charge in [0.2, 0.25) is 0 Å². The molecule has 0 spiro atoms. The zero-order valence-electron chi connectivity index (χ0n) is 6.89. The van der Waals surface area contributed by atoms with Gasteiger partial charge in [0.05, 0.1) is 11.7 Å². The molecule has 2 fully saturated rings. The monoisotopic (exact) mass is 140 g/mol. The molecule has 0 aromatic carbocycles. The van der Waals surface area contributed by atoms with Crippen LogP contribution in [-0.2, 0) is 4.74 Å². The zero-order valence-corrected chi connectivity index (χ0v) is 6.89. The van der Waals surface area contributed by atoms with E-state index in [-0.39, 0.29) is 0 Å². The topological polar surface area (TPSA) is 12.5 Å². The Kier molecular flexibility index (Phi) is 1.31. The molecule has 0 bridgehead atoms. The van der Waals surface area contributed by atoms with Crippen LogP contribution in [0, 0.1) is 5.92 Å². The summed E-state index contributed by atoms with van der Waals surface area (Å²) in [5.74, 6) is 0.734. The Bertz CT molecular complexity index is 142. The van der Waals surface area contributed by atoms with Gasteiger partial charge >= 0.3 is 0 Å². The van der Waals surface area contributed by atoms with Gasteiger partial charge in [-0.05, 0) is 18.8 Å². The van der Waals surface area contributed by atoms with E-state index in [1.165, 1.54) is 25.7 Å². The number of hydrogen-bond donors (Lipinski definition) is 0. The molecule has 2 atom stereocenters. The molecule has 2 unspecified atom stereocenters. The van der Waals surface area contributed by atoms with E-state index in [1.807, 2.05) is 0 Å². The van der Waals surface area contributed by atoms with Crippen molar-refractivity contribution in [1.29, 1.82) is 0 Å². The first-order valence-corrected chi connectivity index (χ1v) is 4.43. The van der Waals surface area contributed by atoms with Gasteiger partial charge < -0.3 is 4.74 Å². The quantitative estimate of drug-likeness (QED) is 0.509. The van der Waals surface area contributed by atoms with Crippen LogP contribution in [0.4, 0.5) is 0 Å². The SMILES string of the molecule is CC(C)C12CCCCC1O2. The normalized spacial score (nSPS) is 45.3. The van der Waals surface area contributed by atoms with E-state index >= 15 is 0 Å². The summed E-state index contributed by atoms with van der Waals surface area (Å²) in [4.78, 5) is 0. The molecule has 0 amide bonds. The molecule has 1 heteroatoms. The maximum Gasteiger partial charge on any atom is 0.0971 e. The third-order valence-corrected chi connectivity index (χ3v) is 3.11. The summed E-state index contributed by atoms with van der Waals surface area (Å²) in [5, 5.41) is 0. The van der Waals surface area contributed by atoms with Crippen LogP contribution in [-0.4, -0.2) is 11.7 Å². The first-order chi connectivity index (χ1) is 4.76. The second-order valence-electron chi connectivity index (χ2n) is 3.96. The van der Waals surface area contributed by atoms with Crippen LogP contribution in [0.15, 0.2) is 0 Å². The van der Waals surface area contributed by atoms with Gasteiger partial charge in [-0.3, -0.25) is 0 Å². The summed E-state index contributed by atoms with van der Waals surface area (Å²) in [7, 11) is 0. The molecule has 10 heavy (non-hydrogen) atoms. The van der Waals surface area contributed by atoms with Crippen molar-refractivity contribution in [1.82, 2.24) is 0 Å². The van der Waals surface area contributed by atoms with Gasteiger partial charge in [-0.1, -0.05) is 26.7 Å². The number of rotatable bonds is 1. The first kappa shape index (κ1) is 6.66. The highest BCUT2D eigenvalue weighted by molar-refractivity contribution is 5.06. The fraction of sp³-hybridized carbons (Fsp3) is 1.00. The van der Waals surface area contributed by atoms with E-state index in [4.69, 9.17) is 4.74 Å². The smallest absolute Gasteiger partial charge is 0.0971 e. The molecule has 0 aromatic rings. The Labute approximate surface area is 62.8 Å². The summed E-state index contributed by atoms with van der Waals surface area (Å²) in [5.41, 5.74) is 0.345. The van der Waals surface area contributed by atoms with Crippen LogP contribution in [0.1, 0.15) is 39.5 Å². The Balaban J connectivity index is 2.05. The predicted molar refractivity (Wildman–Crippen MR) is 40.9 cm³/mol. The van der Waals surface area contributed by atoms with Crippen LogP contribution >= 0.6 is 0 Å². The van der Waals surface area contributed by atoms with Crippen molar-refractivity contribution in [3.05, 3.63) is 0 Å². The highest BCUT2D eigenvalue weighted by Crippen LogP contribution is 2.52. The molecule has 1 nitrogen and oxygen atoms in total. The molecule has 2 rings (SSSR count). The molecular formula is C9H16O. The van der Waals surface area contributed by atoms with E-state index < -0.39 is 0 Å². The van der Waals surface area contributed by atoms with E-state index in [9.17, 15) is 0 Å². The number of epoxide rings is 1. The van der Waals surface area contributed by atoms with Crippen molar-refractivity contribution < 1.29 is 4.74 Å². The van der Waals surface area contributed by atoms with Crippen molar-refractivity contribution in [2.75, 3.05) is 0 Å². The third kappa shape index (κ3) is 0.731. The molecule has 0 radical (unpaired) electrons. The maximum atomic E-state index is 5.73. The molecule has 1 aliphatic carbocycles. The fourth-order valence-electron chi connectivity index (χ4n) is 2.28. The minimum absolute atomic E-state index is 0.345. The van der Waals surface area contributed by atoms with Gasteiger partial charge in [0, 0.05) is 0 Å². The second-order valence-corrected chi connectivity index (χ2v) is 3.96. The summed E-state index contributed by atoms with van der Waals surface area (Å²) in [6.07, 6.45) is 6.04. The van der Waals surface area contributed by atoms with Crippen LogP contribution in [0.2, 0.25) is 0 Å². The molecule has 2 aliphatic rings. The second kappa shape index (κ2) is 1.97. The number of fused-ring (bicyclic) bond motifs is 1. The Morgan fingerprint density at radius 2 is 2.20 bits per heavy atom. The lowest BCUT2D eigenvalue weighted by Crippen LogP contribution is -2.25. The lowest BCUT2D eigenvalue weighted by molar-refractivity contribution is 0.224. The minimum Gasteiger partial charge on any atom is -0.366 e. The largest absolute Gasteiger partial charge is 0.366 e. The average Bonchev–Trinajstić information content (AvgIpc) is 2.61. The predicted octanol–water partition coefficient (Wildman–Crippen LogP) is 2.35. The molecule has 58 valence electrons. The van der Waals surface area contributed by atoms with Gasteiger partial charge in [-0.15, -0.1) is 0 Å². The van der Waals surface area contributed by atoms with Crippen molar-refractivity contribution in [3.8, 4) is 0 Å². The minimum atomic E-state index is 0.345. The highest BCUT2D eigenvalue weighted by Gasteiger charge is 2.58. The lowest BCUT2D eigenvalue weighted by atomic mass is 9.81. The molecule has 1 saturated carbocycles. The summed E-state index contributed by atoms with van der Waals surface area (Å²) in [6, 6.07) is 0. The summed E-state index contributed by atoms with van der Waals surface area (Å²) < 4.78 is 5.73. The van der Waals surface area contributed by atoms with E-state index in [1.54, 1.807) is 0 Å². The van der Waals surface area contributed by atoms with Crippen LogP contribution in [0.5, 0.6) is 0 Å². The molecule has 0 N–H and O–H groups in total. The molecule has 0 aromatic heterocycles. The summed E-state index contributed by atoms with van der Waals surface area (Å²) in [6.45, 7) is 4.57. The Morgan fingerprint density at radius 1 is 1.40 bits per heavy atom. The average molecular weight is 140 g/mol. The molecule has 1 heterocycles. The molecular weight excluding hydrogens is 124 g/mol. The van der Waals surface area contributed by atoms with Gasteiger partial charge in [-0.2, -0.15) is 0 Å². The zero-order chi connectivity index (χ0) is 7.19. The number of hydrogen-bond acceptors (Lipinski definition) is 1. The lowest BCUT2D eigenvalue weighted by Gasteiger charge is -2.20. The van der Waals surface area contributed by atoms with Crippen molar-refractivity contribution >= 4 is 0 Å². The van der Waals surface area contributed by atoms with Crippen LogP contribution in [0.25, 0.3) is 0 Å². The molecule has 1 saturated heterocycles. The Hall–Kier alpha value is -0.0400. The number of ether oxygens (including phenoxy) is 1. The van der Waals surface area contributed by atoms with Crippen molar-refractivity contribution in [2.24, 2.45) is 5.92 Å². The fourth-order valence-corrected chi connectivity index (χ4v) is 2.28. The maximum absolute atomic E-state index is 5.73. The van der Waals surface area contributed by atoms with Crippen molar-refractivity contribution in [2.45, 2.75) is 51.2 Å². The first-order valence-electron chi connectivity index (χ1n) is 4.43. The van der Waals surface area contributed by atoms with E-state index in [0.717, 1.165) is 5.92 Å². The third-order valence-electron chi connectivity index (χ3n) is 3.11. The van der Waals surface area contributed by atoms with Gasteiger partial charge in [0.15, 0.2) is 0 Å². The van der Waals surface area contributed by atoms with Gasteiger partial charge in [0.1, 0.15) is 0 Å². The van der Waals surface area contributed by atoms with Gasteiger partial charge in [0.25, 0.3) is 0 Å². The highest BCUT2D eigenvalue weighted by atomic mass is 16.6. The van der Waals surface area contributed by atoms with Crippen LogP contribution < -0.4 is 0 Å². The van der Waals surface area contributed by atoms with Crippen LogP contribution in [0.3, 0.4) is 0 Å².